The van der Waals surface area contributed by atoms with Crippen LogP contribution in [0.5, 0.6) is 0 Å². The van der Waals surface area contributed by atoms with E-state index in [-0.39, 0.29) is 0 Å². The van der Waals surface area contributed by atoms with Gasteiger partial charge in [-0.15, -0.1) is 0 Å². The molecule has 9 aromatic carbocycles. The molecule has 10 rings (SSSR count). The molecule has 0 radical (unpaired) electrons. The summed E-state index contributed by atoms with van der Waals surface area (Å²) in [7, 11) is 0. The number of nitrogens with zero attached hydrogens (tertiary/aromatic N) is 1. The van der Waals surface area contributed by atoms with Crippen molar-refractivity contribution in [2.75, 3.05) is 4.90 Å². The van der Waals surface area contributed by atoms with Crippen molar-refractivity contribution in [1.29, 1.82) is 0 Å². The predicted molar refractivity (Wildman–Crippen MR) is 244 cm³/mol. The van der Waals surface area contributed by atoms with Crippen LogP contribution < -0.4 is 4.90 Å². The van der Waals surface area contributed by atoms with E-state index in [9.17, 15) is 0 Å². The monoisotopic (exact) mass is 731 g/mol. The Bertz CT molecular complexity index is 2810. The molecule has 0 aromatic heterocycles. The number of anilines is 3. The van der Waals surface area contributed by atoms with Crippen LogP contribution in [-0.4, -0.2) is 0 Å². The molecule has 0 unspecified atom stereocenters. The van der Waals surface area contributed by atoms with E-state index in [1.807, 2.05) is 0 Å². The van der Waals surface area contributed by atoms with Gasteiger partial charge in [0, 0.05) is 16.8 Å². The molecule has 1 aliphatic carbocycles. The second kappa shape index (κ2) is 15.4. The van der Waals surface area contributed by atoms with E-state index in [1.54, 1.807) is 0 Å². The summed E-state index contributed by atoms with van der Waals surface area (Å²) in [4.78, 5) is 2.51. The Hall–Kier alpha value is -6.70. The van der Waals surface area contributed by atoms with Gasteiger partial charge in [0.1, 0.15) is 0 Å². The lowest BCUT2D eigenvalue weighted by Crippen LogP contribution is -2.13. The molecule has 1 nitrogen and oxygen atoms in total. The first-order valence-corrected chi connectivity index (χ1v) is 20.5. The van der Waals surface area contributed by atoms with Crippen molar-refractivity contribution in [3.8, 4) is 44.5 Å². The summed E-state index contributed by atoms with van der Waals surface area (Å²) in [5, 5.41) is 5.22. The highest BCUT2D eigenvalue weighted by molar-refractivity contribution is 6.05. The fourth-order valence-electron chi connectivity index (χ4n) is 9.32. The van der Waals surface area contributed by atoms with Crippen molar-refractivity contribution in [3.63, 3.8) is 0 Å². The Morgan fingerprint density at radius 2 is 0.930 bits per heavy atom. The van der Waals surface area contributed by atoms with Crippen molar-refractivity contribution in [3.05, 3.63) is 212 Å². The van der Waals surface area contributed by atoms with Crippen LogP contribution in [0.4, 0.5) is 17.1 Å². The second-order valence-electron chi connectivity index (χ2n) is 15.5. The van der Waals surface area contributed by atoms with Gasteiger partial charge in [-0.3, -0.25) is 0 Å². The third-order valence-corrected chi connectivity index (χ3v) is 12.1. The molecule has 0 atom stereocenters. The SMILES string of the molecule is c1ccc(-c2cccc(N(c3ccc(-c4ccc5ccccc5c4)cc3)c3ccccc3-c3cccc4cccc(C5CCCCC5)c34)c2-c2ccccc2)cc1. The highest BCUT2D eigenvalue weighted by Crippen LogP contribution is 2.49. The van der Waals surface area contributed by atoms with Gasteiger partial charge in [-0.25, -0.2) is 0 Å². The Labute approximate surface area is 336 Å². The van der Waals surface area contributed by atoms with Gasteiger partial charge in [0.2, 0.25) is 0 Å². The number of hydrogen-bond acceptors (Lipinski definition) is 1. The minimum atomic E-state index is 0.585. The molecule has 0 heterocycles. The average molecular weight is 732 g/mol. The van der Waals surface area contributed by atoms with Gasteiger partial charge in [-0.1, -0.05) is 195 Å². The van der Waals surface area contributed by atoms with Crippen LogP contribution in [0.2, 0.25) is 0 Å². The van der Waals surface area contributed by atoms with E-state index >= 15 is 0 Å². The van der Waals surface area contributed by atoms with E-state index in [1.165, 1.54) is 104 Å². The molecule has 1 heteroatoms. The average Bonchev–Trinajstić information content (AvgIpc) is 3.30. The first-order valence-electron chi connectivity index (χ1n) is 20.5. The maximum atomic E-state index is 2.51. The molecule has 1 aliphatic rings. The molecule has 1 fully saturated rings. The normalized spacial score (nSPS) is 13.2. The Balaban J connectivity index is 1.21. The van der Waals surface area contributed by atoms with Gasteiger partial charge in [0.25, 0.3) is 0 Å². The maximum absolute atomic E-state index is 2.51. The highest BCUT2D eigenvalue weighted by Gasteiger charge is 2.25. The molecule has 1 saturated carbocycles. The first kappa shape index (κ1) is 34.8. The first-order chi connectivity index (χ1) is 28.3. The number of rotatable bonds is 8. The van der Waals surface area contributed by atoms with Gasteiger partial charge in [0.05, 0.1) is 11.4 Å². The van der Waals surface area contributed by atoms with Crippen LogP contribution >= 0.6 is 0 Å². The van der Waals surface area contributed by atoms with Gasteiger partial charge < -0.3 is 4.90 Å². The predicted octanol–water partition coefficient (Wildman–Crippen LogP) is 16.2. The number of hydrogen-bond donors (Lipinski definition) is 0. The van der Waals surface area contributed by atoms with E-state index in [4.69, 9.17) is 0 Å². The summed E-state index contributed by atoms with van der Waals surface area (Å²) in [5.41, 5.74) is 14.7. The van der Waals surface area contributed by atoms with Gasteiger partial charge >= 0.3 is 0 Å². The highest BCUT2D eigenvalue weighted by atomic mass is 15.1. The summed E-state index contributed by atoms with van der Waals surface area (Å²) in [6.45, 7) is 0. The summed E-state index contributed by atoms with van der Waals surface area (Å²) >= 11 is 0. The molecule has 0 amide bonds. The van der Waals surface area contributed by atoms with Crippen LogP contribution in [0.25, 0.3) is 66.1 Å². The lowest BCUT2D eigenvalue weighted by Gasteiger charge is -2.31. The van der Waals surface area contributed by atoms with Crippen molar-refractivity contribution < 1.29 is 0 Å². The van der Waals surface area contributed by atoms with E-state index in [0.29, 0.717) is 5.92 Å². The zero-order chi connectivity index (χ0) is 38.0. The molecule has 57 heavy (non-hydrogen) atoms. The Morgan fingerprint density at radius 1 is 0.351 bits per heavy atom. The minimum absolute atomic E-state index is 0.585. The van der Waals surface area contributed by atoms with E-state index in [0.717, 1.165) is 17.1 Å². The lowest BCUT2D eigenvalue weighted by molar-refractivity contribution is 0.445. The molecule has 0 saturated heterocycles. The maximum Gasteiger partial charge on any atom is 0.0546 e. The number of benzene rings is 9. The quantitative estimate of drug-likeness (QED) is 0.150. The second-order valence-corrected chi connectivity index (χ2v) is 15.5. The fraction of sp³-hybridized carbons (Fsp3) is 0.107. The molecule has 0 bridgehead atoms. The molecule has 274 valence electrons. The summed E-state index contributed by atoms with van der Waals surface area (Å²) in [6, 6.07) is 76.1. The molecular formula is C56H45N. The third kappa shape index (κ3) is 6.70. The molecule has 9 aromatic rings. The van der Waals surface area contributed by atoms with Crippen LogP contribution in [0.15, 0.2) is 206 Å². The van der Waals surface area contributed by atoms with Crippen LogP contribution in [-0.2, 0) is 0 Å². The zero-order valence-corrected chi connectivity index (χ0v) is 32.2. The largest absolute Gasteiger partial charge is 0.309 e. The molecule has 0 spiro atoms. The van der Waals surface area contributed by atoms with Crippen molar-refractivity contribution >= 4 is 38.6 Å². The standard InChI is InChI=1S/C56H45N/c1-4-18-42(19-5-1)49-28-14-25-44-26-15-30-52(55(44)49)51-27-12-13-31-53(51)57(48-37-35-41(36-38-48)47-34-33-40-17-10-11-24-46(40)39-47)54-32-16-29-50(43-20-6-2-7-21-43)56(54)45-22-8-3-9-23-45/h2-3,6-17,20-39,42H,1,4-5,18-19H2. The molecular weight excluding hydrogens is 687 g/mol. The zero-order valence-electron chi connectivity index (χ0n) is 32.2. The van der Waals surface area contributed by atoms with Crippen molar-refractivity contribution in [1.82, 2.24) is 0 Å². The minimum Gasteiger partial charge on any atom is -0.309 e. The lowest BCUT2D eigenvalue weighted by atomic mass is 9.80. The summed E-state index contributed by atoms with van der Waals surface area (Å²) in [5.74, 6) is 0.585. The van der Waals surface area contributed by atoms with E-state index in [2.05, 4.69) is 211 Å². The number of para-hydroxylation sites is 1. The van der Waals surface area contributed by atoms with Crippen LogP contribution in [0, 0.1) is 0 Å². The van der Waals surface area contributed by atoms with Gasteiger partial charge in [0.15, 0.2) is 0 Å². The smallest absolute Gasteiger partial charge is 0.0546 e. The summed E-state index contributed by atoms with van der Waals surface area (Å²) in [6.07, 6.45) is 6.48. The topological polar surface area (TPSA) is 3.24 Å². The third-order valence-electron chi connectivity index (χ3n) is 12.1. The molecule has 0 N–H and O–H groups in total. The van der Waals surface area contributed by atoms with Gasteiger partial charge in [-0.2, -0.15) is 0 Å². The van der Waals surface area contributed by atoms with Gasteiger partial charge in [-0.05, 0) is 110 Å². The summed E-state index contributed by atoms with van der Waals surface area (Å²) < 4.78 is 0. The Morgan fingerprint density at radius 3 is 1.72 bits per heavy atom. The van der Waals surface area contributed by atoms with Crippen LogP contribution in [0.3, 0.4) is 0 Å². The van der Waals surface area contributed by atoms with Crippen molar-refractivity contribution in [2.24, 2.45) is 0 Å². The molecule has 0 aliphatic heterocycles. The van der Waals surface area contributed by atoms with E-state index < -0.39 is 0 Å². The fourth-order valence-corrected chi connectivity index (χ4v) is 9.32. The van der Waals surface area contributed by atoms with Crippen LogP contribution in [0.1, 0.15) is 43.6 Å². The van der Waals surface area contributed by atoms with Crippen molar-refractivity contribution in [2.45, 2.75) is 38.0 Å². The number of fused-ring (bicyclic) bond motifs is 2. The Kier molecular flexibility index (Phi) is 9.42.